The van der Waals surface area contributed by atoms with E-state index in [9.17, 15) is 0 Å². The number of rotatable bonds is 3. The first-order chi connectivity index (χ1) is 8.26. The van der Waals surface area contributed by atoms with E-state index in [0.29, 0.717) is 5.25 Å². The van der Waals surface area contributed by atoms with E-state index < -0.39 is 0 Å². The molecule has 17 heavy (non-hydrogen) atoms. The number of aryl methyl sites for hydroxylation is 2. The Kier molecular flexibility index (Phi) is 3.22. The van der Waals surface area contributed by atoms with Gasteiger partial charge in [0.05, 0.1) is 11.2 Å². The quantitative estimate of drug-likeness (QED) is 0.912. The summed E-state index contributed by atoms with van der Waals surface area (Å²) in [6.45, 7) is 5.60. The zero-order valence-electron chi connectivity index (χ0n) is 10.6. The van der Waals surface area contributed by atoms with Crippen LogP contribution in [-0.2, 0) is 18.4 Å². The first kappa shape index (κ1) is 12.0. The SMILES string of the molecule is CCNC1(c2nc3c(s2)CCC3)CCSC1C. The van der Waals surface area contributed by atoms with Gasteiger partial charge in [0, 0.05) is 10.1 Å². The number of fused-ring (bicyclic) bond motifs is 1. The molecule has 2 nitrogen and oxygen atoms in total. The fourth-order valence-electron chi connectivity index (χ4n) is 3.03. The van der Waals surface area contributed by atoms with Gasteiger partial charge in [-0.15, -0.1) is 11.3 Å². The van der Waals surface area contributed by atoms with E-state index in [2.05, 4.69) is 30.9 Å². The van der Waals surface area contributed by atoms with Gasteiger partial charge in [0.2, 0.25) is 0 Å². The summed E-state index contributed by atoms with van der Waals surface area (Å²) in [7, 11) is 0. The minimum Gasteiger partial charge on any atom is -0.305 e. The summed E-state index contributed by atoms with van der Waals surface area (Å²) in [4.78, 5) is 6.51. The summed E-state index contributed by atoms with van der Waals surface area (Å²) in [5.41, 5.74) is 1.56. The molecule has 1 fully saturated rings. The molecule has 2 heterocycles. The smallest absolute Gasteiger partial charge is 0.114 e. The van der Waals surface area contributed by atoms with Crippen molar-refractivity contribution in [3.05, 3.63) is 15.6 Å². The number of aromatic nitrogens is 1. The molecule has 0 aromatic carbocycles. The lowest BCUT2D eigenvalue weighted by atomic mass is 9.93. The first-order valence-corrected chi connectivity index (χ1v) is 8.48. The van der Waals surface area contributed by atoms with E-state index in [0.717, 1.165) is 6.54 Å². The highest BCUT2D eigenvalue weighted by molar-refractivity contribution is 8.00. The van der Waals surface area contributed by atoms with Crippen molar-refractivity contribution in [2.75, 3.05) is 12.3 Å². The van der Waals surface area contributed by atoms with Crippen LogP contribution in [0.3, 0.4) is 0 Å². The van der Waals surface area contributed by atoms with Crippen molar-refractivity contribution in [3.63, 3.8) is 0 Å². The summed E-state index contributed by atoms with van der Waals surface area (Å²) in [6, 6.07) is 0. The Labute approximate surface area is 112 Å². The topological polar surface area (TPSA) is 24.9 Å². The molecule has 3 rings (SSSR count). The third-order valence-corrected chi connectivity index (χ3v) is 6.70. The molecule has 4 heteroatoms. The van der Waals surface area contributed by atoms with Gasteiger partial charge in [0.1, 0.15) is 5.01 Å². The number of thioether (sulfide) groups is 1. The minimum atomic E-state index is 0.161. The molecule has 1 aliphatic heterocycles. The third-order valence-electron chi connectivity index (χ3n) is 4.03. The van der Waals surface area contributed by atoms with Crippen molar-refractivity contribution >= 4 is 23.1 Å². The Hall–Kier alpha value is -0.0600. The number of hydrogen-bond acceptors (Lipinski definition) is 4. The molecule has 2 atom stereocenters. The minimum absolute atomic E-state index is 0.161. The fraction of sp³-hybridized carbons (Fsp3) is 0.769. The van der Waals surface area contributed by atoms with Gasteiger partial charge >= 0.3 is 0 Å². The van der Waals surface area contributed by atoms with Gasteiger partial charge in [0.15, 0.2) is 0 Å². The zero-order chi connectivity index (χ0) is 11.9. The van der Waals surface area contributed by atoms with Gasteiger partial charge < -0.3 is 5.32 Å². The van der Waals surface area contributed by atoms with Gasteiger partial charge in [-0.3, -0.25) is 0 Å². The highest BCUT2D eigenvalue weighted by Crippen LogP contribution is 2.45. The average molecular weight is 268 g/mol. The molecule has 2 aliphatic rings. The molecule has 0 spiro atoms. The van der Waals surface area contributed by atoms with Crippen LogP contribution in [0.25, 0.3) is 0 Å². The van der Waals surface area contributed by atoms with Crippen LogP contribution in [0.1, 0.15) is 42.3 Å². The normalized spacial score (nSPS) is 32.0. The molecular formula is C13H20N2S2. The van der Waals surface area contributed by atoms with Gasteiger partial charge in [-0.05, 0) is 38.0 Å². The molecule has 1 saturated heterocycles. The number of nitrogens with zero attached hydrogens (tertiary/aromatic N) is 1. The Bertz CT molecular complexity index is 394. The lowest BCUT2D eigenvalue weighted by molar-refractivity contribution is 0.340. The summed E-state index contributed by atoms with van der Waals surface area (Å²) in [6.07, 6.45) is 5.01. The van der Waals surface area contributed by atoms with Crippen LogP contribution in [0.5, 0.6) is 0 Å². The van der Waals surface area contributed by atoms with Crippen molar-refractivity contribution < 1.29 is 0 Å². The monoisotopic (exact) mass is 268 g/mol. The van der Waals surface area contributed by atoms with E-state index in [-0.39, 0.29) is 5.54 Å². The largest absolute Gasteiger partial charge is 0.305 e. The van der Waals surface area contributed by atoms with E-state index >= 15 is 0 Å². The van der Waals surface area contributed by atoms with Gasteiger partial charge in [0.25, 0.3) is 0 Å². The lowest BCUT2D eigenvalue weighted by Crippen LogP contribution is -2.46. The maximum Gasteiger partial charge on any atom is 0.114 e. The molecule has 0 amide bonds. The molecule has 1 aromatic heterocycles. The van der Waals surface area contributed by atoms with E-state index in [1.165, 1.54) is 42.1 Å². The predicted octanol–water partition coefficient (Wildman–Crippen LogP) is 2.96. The second-order valence-corrected chi connectivity index (χ2v) is 7.54. The summed E-state index contributed by atoms with van der Waals surface area (Å²) in [5, 5.41) is 5.75. The number of hydrogen-bond donors (Lipinski definition) is 1. The summed E-state index contributed by atoms with van der Waals surface area (Å²) < 4.78 is 0. The van der Waals surface area contributed by atoms with Crippen LogP contribution in [-0.4, -0.2) is 22.5 Å². The molecule has 94 valence electrons. The fourth-order valence-corrected chi connectivity index (χ4v) is 5.93. The van der Waals surface area contributed by atoms with Crippen LogP contribution in [0, 0.1) is 0 Å². The zero-order valence-corrected chi connectivity index (χ0v) is 12.2. The van der Waals surface area contributed by atoms with E-state index in [1.807, 2.05) is 11.3 Å². The van der Waals surface area contributed by atoms with Gasteiger partial charge in [-0.2, -0.15) is 11.8 Å². The highest BCUT2D eigenvalue weighted by Gasteiger charge is 2.44. The summed E-state index contributed by atoms with van der Waals surface area (Å²) in [5.74, 6) is 1.26. The van der Waals surface area contributed by atoms with Crippen LogP contribution in [0.2, 0.25) is 0 Å². The molecule has 0 saturated carbocycles. The maximum atomic E-state index is 4.96. The standard InChI is InChI=1S/C13H20N2S2/c1-3-14-13(7-8-16-9(13)2)12-15-10-5-4-6-11(10)17-12/h9,14H,3-8H2,1-2H3. The first-order valence-electron chi connectivity index (χ1n) is 6.62. The van der Waals surface area contributed by atoms with Gasteiger partial charge in [-0.25, -0.2) is 4.98 Å². The van der Waals surface area contributed by atoms with E-state index in [4.69, 9.17) is 4.98 Å². The molecule has 2 unspecified atom stereocenters. The van der Waals surface area contributed by atoms with E-state index in [1.54, 1.807) is 4.88 Å². The molecule has 1 aromatic rings. The molecular weight excluding hydrogens is 248 g/mol. The Balaban J connectivity index is 1.97. The second kappa shape index (κ2) is 4.56. The van der Waals surface area contributed by atoms with Crippen molar-refractivity contribution in [1.29, 1.82) is 0 Å². The van der Waals surface area contributed by atoms with Crippen LogP contribution >= 0.6 is 23.1 Å². The molecule has 0 radical (unpaired) electrons. The average Bonchev–Trinajstić information content (AvgIpc) is 2.93. The molecule has 1 aliphatic carbocycles. The molecule has 1 N–H and O–H groups in total. The highest BCUT2D eigenvalue weighted by atomic mass is 32.2. The lowest BCUT2D eigenvalue weighted by Gasteiger charge is -2.32. The van der Waals surface area contributed by atoms with Crippen molar-refractivity contribution in [2.45, 2.75) is 50.3 Å². The van der Waals surface area contributed by atoms with Crippen LogP contribution in [0.15, 0.2) is 0 Å². The van der Waals surface area contributed by atoms with Crippen molar-refractivity contribution in [2.24, 2.45) is 0 Å². The predicted molar refractivity (Wildman–Crippen MR) is 76.0 cm³/mol. The Morgan fingerprint density at radius 1 is 1.47 bits per heavy atom. The molecule has 0 bridgehead atoms. The van der Waals surface area contributed by atoms with Crippen LogP contribution in [0.4, 0.5) is 0 Å². The third kappa shape index (κ3) is 1.85. The van der Waals surface area contributed by atoms with Gasteiger partial charge in [-0.1, -0.05) is 13.8 Å². The number of thiazole rings is 1. The second-order valence-electron chi connectivity index (χ2n) is 5.01. The maximum absolute atomic E-state index is 4.96. The van der Waals surface area contributed by atoms with Crippen molar-refractivity contribution in [1.82, 2.24) is 10.3 Å². The Morgan fingerprint density at radius 2 is 2.35 bits per heavy atom. The summed E-state index contributed by atoms with van der Waals surface area (Å²) >= 11 is 4.06. The number of nitrogens with one attached hydrogen (secondary N) is 1. The van der Waals surface area contributed by atoms with Crippen molar-refractivity contribution in [3.8, 4) is 0 Å². The van der Waals surface area contributed by atoms with Crippen LogP contribution < -0.4 is 5.32 Å². The Morgan fingerprint density at radius 3 is 3.00 bits per heavy atom.